The molecule has 0 aliphatic rings. The molecule has 5 heteroatoms. The Kier molecular flexibility index (Phi) is 3.99. The van der Waals surface area contributed by atoms with E-state index in [2.05, 4.69) is 64.9 Å². The van der Waals surface area contributed by atoms with Crippen molar-refractivity contribution in [1.82, 2.24) is 0 Å². The number of anilines is 1. The smallest absolute Gasteiger partial charge is 0.277 e. The van der Waals surface area contributed by atoms with Gasteiger partial charge in [-0.1, -0.05) is 15.9 Å². The van der Waals surface area contributed by atoms with Gasteiger partial charge in [0.25, 0.3) is 33.0 Å². The molecule has 0 fully saturated rings. The molecular weight excluding hydrogens is 300 g/mol. The second kappa shape index (κ2) is 4.33. The van der Waals surface area contributed by atoms with Crippen LogP contribution in [0.4, 0.5) is 5.69 Å². The number of benzene rings is 1. The van der Waals surface area contributed by atoms with Crippen LogP contribution >= 0.6 is 31.9 Å². The van der Waals surface area contributed by atoms with E-state index in [1.807, 2.05) is 21.1 Å². The van der Waals surface area contributed by atoms with Gasteiger partial charge in [-0.2, -0.15) is 0 Å². The second-order valence-electron chi connectivity index (χ2n) is 2.00. The van der Waals surface area contributed by atoms with Crippen LogP contribution in [0.2, 0.25) is 0 Å². The molecule has 0 heterocycles. The molecule has 4 radical (unpaired) electrons. The van der Waals surface area contributed by atoms with Gasteiger partial charge >= 0.3 is 0 Å². The lowest BCUT2D eigenvalue weighted by molar-refractivity contribution is 1.51. The van der Waals surface area contributed by atoms with E-state index in [0.29, 0.717) is 0 Å². The molecule has 0 aliphatic heterocycles. The summed E-state index contributed by atoms with van der Waals surface area (Å²) >= 11 is 12.0. The maximum atomic E-state index is 3.44. The lowest BCUT2D eigenvalue weighted by atomic mass is 10.3. The molecule has 0 aliphatic carbocycles. The van der Waals surface area contributed by atoms with Crippen molar-refractivity contribution in [1.29, 1.82) is 0 Å². The van der Waals surface area contributed by atoms with Crippen LogP contribution in [0.3, 0.4) is 0 Å². The van der Waals surface area contributed by atoms with Crippen LogP contribution in [0.25, 0.3) is 0 Å². The van der Waals surface area contributed by atoms with E-state index < -0.39 is 0 Å². The van der Waals surface area contributed by atoms with Gasteiger partial charge in [-0.05, 0) is 34.1 Å². The van der Waals surface area contributed by atoms with Gasteiger partial charge in [0.1, 0.15) is 0 Å². The fourth-order valence-electron chi connectivity index (χ4n) is 0.684. The molecule has 0 amide bonds. The maximum Gasteiger partial charge on any atom is 0.277 e. The quantitative estimate of drug-likeness (QED) is 0.719. The molecule has 0 bridgehead atoms. The van der Waals surface area contributed by atoms with Gasteiger partial charge < -0.3 is 2.87 Å². The Labute approximate surface area is 99.7 Å². The normalized spacial score (nSPS) is 9.64. The van der Waals surface area contributed by atoms with Gasteiger partial charge in [-0.25, -0.2) is 0 Å². The van der Waals surface area contributed by atoms with E-state index in [4.69, 9.17) is 0 Å². The van der Waals surface area contributed by atoms with Crippen LogP contribution in [-0.4, -0.2) is 33.0 Å². The van der Waals surface area contributed by atoms with E-state index >= 15 is 0 Å². The highest BCUT2D eigenvalue weighted by Crippen LogP contribution is 2.27. The maximum absolute atomic E-state index is 3.44. The summed E-state index contributed by atoms with van der Waals surface area (Å²) in [7, 11) is 0. The average molecular weight is 303 g/mol. The van der Waals surface area contributed by atoms with Gasteiger partial charge in [0.05, 0.1) is 0 Å². The fraction of sp³-hybridized carbons (Fsp3) is 0. The Morgan fingerprint density at radius 3 is 2.27 bits per heavy atom. The Morgan fingerprint density at radius 1 is 1.18 bits per heavy atom. The van der Waals surface area contributed by atoms with Crippen LogP contribution in [0.5, 0.6) is 0 Å². The Hall–Kier alpha value is 1.04. The minimum absolute atomic E-state index is 1.07. The van der Waals surface area contributed by atoms with Crippen molar-refractivity contribution >= 4 is 70.6 Å². The first-order valence-electron chi connectivity index (χ1n) is 2.86. The zero-order valence-electron chi connectivity index (χ0n) is 5.59. The first kappa shape index (κ1) is 10.1. The third kappa shape index (κ3) is 2.78. The minimum atomic E-state index is 1.07. The molecular formula is C6H3Al2Br2N. The Balaban J connectivity index is 3.13. The lowest BCUT2D eigenvalue weighted by Gasteiger charge is -2.19. The summed E-state index contributed by atoms with van der Waals surface area (Å²) in [5, 5.41) is 0. The van der Waals surface area contributed by atoms with Gasteiger partial charge in [-0.15, -0.1) is 0 Å². The summed E-state index contributed by atoms with van der Waals surface area (Å²) in [4.78, 5) is 0. The van der Waals surface area contributed by atoms with Gasteiger partial charge in [0.15, 0.2) is 0 Å². The topological polar surface area (TPSA) is 3.24 Å². The number of halogens is 2. The van der Waals surface area contributed by atoms with Crippen molar-refractivity contribution in [3.63, 3.8) is 0 Å². The third-order valence-electron chi connectivity index (χ3n) is 1.19. The fourth-order valence-corrected chi connectivity index (χ4v) is 2.29. The molecule has 0 N–H and O–H groups in total. The van der Waals surface area contributed by atoms with Crippen LogP contribution in [0.15, 0.2) is 27.1 Å². The summed E-state index contributed by atoms with van der Waals surface area (Å²) in [6.07, 6.45) is 0. The zero-order chi connectivity index (χ0) is 8.43. The first-order valence-corrected chi connectivity index (χ1v) is 5.47. The highest BCUT2D eigenvalue weighted by atomic mass is 79.9. The predicted octanol–water partition coefficient (Wildman–Crippen LogP) is 2.18. The predicted molar refractivity (Wildman–Crippen MR) is 55.8 cm³/mol. The summed E-state index contributed by atoms with van der Waals surface area (Å²) in [6.45, 7) is 0. The number of hydrogen-bond donors (Lipinski definition) is 0. The summed E-state index contributed by atoms with van der Waals surface area (Å²) in [5.41, 5.74) is 1.11. The molecule has 0 unspecified atom stereocenters. The minimum Gasteiger partial charge on any atom is -0.586 e. The van der Waals surface area contributed by atoms with Crippen molar-refractivity contribution in [2.75, 3.05) is 2.87 Å². The van der Waals surface area contributed by atoms with Crippen LogP contribution in [-0.2, 0) is 0 Å². The lowest BCUT2D eigenvalue weighted by Crippen LogP contribution is -2.13. The highest BCUT2D eigenvalue weighted by molar-refractivity contribution is 9.11. The summed E-state index contributed by atoms with van der Waals surface area (Å²) in [6, 6.07) is 6.02. The molecule has 1 aromatic carbocycles. The van der Waals surface area contributed by atoms with Crippen LogP contribution < -0.4 is 2.87 Å². The van der Waals surface area contributed by atoms with Gasteiger partial charge in [0.2, 0.25) is 0 Å². The molecule has 0 saturated heterocycles. The molecule has 11 heavy (non-hydrogen) atoms. The SMILES string of the molecule is [Al][N]([Al])c1cc(Br)ccc1Br. The molecule has 0 spiro atoms. The molecule has 0 aromatic heterocycles. The van der Waals surface area contributed by atoms with E-state index in [0.717, 1.165) is 14.6 Å². The number of nitrogens with zero attached hydrogens (tertiary/aromatic N) is 1. The van der Waals surface area contributed by atoms with E-state index in [1.54, 1.807) is 0 Å². The van der Waals surface area contributed by atoms with Crippen molar-refractivity contribution in [3.05, 3.63) is 27.1 Å². The molecule has 1 rings (SSSR count). The molecule has 52 valence electrons. The van der Waals surface area contributed by atoms with Crippen molar-refractivity contribution in [3.8, 4) is 0 Å². The molecule has 0 atom stereocenters. The van der Waals surface area contributed by atoms with E-state index in [9.17, 15) is 0 Å². The standard InChI is InChI=1S/C6H3Br2N.2Al/c7-4-1-2-5(8)6(9)3-4;;/h1-3H;;. The Bertz CT molecular complexity index is 265. The number of rotatable bonds is 1. The Morgan fingerprint density at radius 2 is 1.82 bits per heavy atom. The van der Waals surface area contributed by atoms with Crippen LogP contribution in [0, 0.1) is 0 Å². The summed E-state index contributed by atoms with van der Waals surface area (Å²) in [5.74, 6) is 0. The first-order chi connectivity index (χ1) is 5.11. The number of hydrogen-bond acceptors (Lipinski definition) is 1. The van der Waals surface area contributed by atoms with E-state index in [-0.39, 0.29) is 0 Å². The molecule has 1 nitrogen and oxygen atoms in total. The molecule has 1 aromatic rings. The van der Waals surface area contributed by atoms with Crippen molar-refractivity contribution in [2.45, 2.75) is 0 Å². The second-order valence-corrected chi connectivity index (χ2v) is 5.48. The zero-order valence-corrected chi connectivity index (χ0v) is 11.1. The largest absolute Gasteiger partial charge is 0.586 e. The third-order valence-corrected chi connectivity index (χ3v) is 2.91. The average Bonchev–Trinajstić information content (AvgIpc) is 1.94. The highest BCUT2D eigenvalue weighted by Gasteiger charge is 1.98. The van der Waals surface area contributed by atoms with Gasteiger partial charge in [0, 0.05) is 14.6 Å². The van der Waals surface area contributed by atoms with Gasteiger partial charge in [-0.3, -0.25) is 0 Å². The van der Waals surface area contributed by atoms with E-state index in [1.165, 1.54) is 0 Å². The van der Waals surface area contributed by atoms with Crippen molar-refractivity contribution in [2.24, 2.45) is 0 Å². The monoisotopic (exact) mass is 301 g/mol. The summed E-state index contributed by atoms with van der Waals surface area (Å²) < 4.78 is 4.05. The van der Waals surface area contributed by atoms with Crippen LogP contribution in [0.1, 0.15) is 0 Å². The van der Waals surface area contributed by atoms with Crippen molar-refractivity contribution < 1.29 is 0 Å². The molecule has 0 saturated carbocycles.